The van der Waals surface area contributed by atoms with Crippen LogP contribution < -0.4 is 0 Å². The number of carbonyl (C=O) groups is 3. The largest absolute Gasteiger partial charge is 0.454 e. The van der Waals surface area contributed by atoms with Gasteiger partial charge in [-0.1, -0.05) is 41.0 Å². The molecule has 150 valence electrons. The fourth-order valence-electron chi connectivity index (χ4n) is 3.62. The van der Waals surface area contributed by atoms with Gasteiger partial charge < -0.3 is 9.26 Å². The minimum Gasteiger partial charge on any atom is -0.454 e. The molecule has 0 N–H and O–H groups in total. The molecule has 1 aliphatic heterocycles. The van der Waals surface area contributed by atoms with Crippen LogP contribution in [-0.2, 0) is 25.7 Å². The minimum atomic E-state index is -1.02. The number of hydrogen-bond acceptors (Lipinski definition) is 7. The number of hydrogen-bond donors (Lipinski definition) is 0. The zero-order valence-corrected chi connectivity index (χ0v) is 16.3. The molecule has 4 rings (SSSR count). The summed E-state index contributed by atoms with van der Waals surface area (Å²) in [5.41, 5.74) is 0.664. The molecule has 2 aliphatic rings. The first-order chi connectivity index (χ1) is 14.0. The molecule has 0 radical (unpaired) electrons. The molecule has 2 heterocycles. The van der Waals surface area contributed by atoms with E-state index in [0.29, 0.717) is 29.3 Å². The number of fused-ring (bicyclic) bond motifs is 1. The van der Waals surface area contributed by atoms with Crippen molar-refractivity contribution in [1.82, 2.24) is 15.0 Å². The lowest BCUT2D eigenvalue weighted by Crippen LogP contribution is -2.44. The van der Waals surface area contributed by atoms with Crippen LogP contribution in [0.3, 0.4) is 0 Å². The molecule has 0 unspecified atom stereocenters. The van der Waals surface area contributed by atoms with E-state index in [1.807, 2.05) is 12.2 Å². The number of amides is 2. The molecule has 0 bridgehead atoms. The fourth-order valence-corrected chi connectivity index (χ4v) is 3.82. The van der Waals surface area contributed by atoms with Gasteiger partial charge in [0.15, 0.2) is 6.61 Å². The smallest absolute Gasteiger partial charge is 0.329 e. The first kappa shape index (κ1) is 19.3. The summed E-state index contributed by atoms with van der Waals surface area (Å²) in [5.74, 6) is -1.73. The van der Waals surface area contributed by atoms with Gasteiger partial charge >= 0.3 is 5.97 Å². The number of aromatic nitrogens is 2. The van der Waals surface area contributed by atoms with E-state index in [0.717, 1.165) is 4.90 Å². The molecule has 3 atom stereocenters. The highest BCUT2D eigenvalue weighted by Gasteiger charge is 2.50. The lowest BCUT2D eigenvalue weighted by Gasteiger charge is -2.21. The first-order valence-electron chi connectivity index (χ1n) is 9.23. The Bertz CT molecular complexity index is 976. The fraction of sp³-hybridized carbons (Fsp3) is 0.350. The number of allylic oxidation sites excluding steroid dienone is 2. The van der Waals surface area contributed by atoms with Crippen molar-refractivity contribution in [2.75, 3.05) is 0 Å². The van der Waals surface area contributed by atoms with Crippen molar-refractivity contribution in [1.29, 1.82) is 0 Å². The monoisotopic (exact) mass is 415 g/mol. The molecule has 8 nitrogen and oxygen atoms in total. The number of ether oxygens (including phenoxy) is 1. The van der Waals surface area contributed by atoms with Gasteiger partial charge in [0.2, 0.25) is 17.6 Å². The maximum atomic E-state index is 12.6. The molecule has 1 aliphatic carbocycles. The number of benzene rings is 1. The van der Waals surface area contributed by atoms with Gasteiger partial charge in [0.05, 0.1) is 11.8 Å². The normalized spacial score (nSPS) is 21.9. The highest BCUT2D eigenvalue weighted by molar-refractivity contribution is 6.30. The molecule has 9 heteroatoms. The van der Waals surface area contributed by atoms with Gasteiger partial charge in [-0.15, -0.1) is 0 Å². The number of likely N-dealkylation sites (tertiary alicyclic amines) is 1. The van der Waals surface area contributed by atoms with Crippen LogP contribution in [0.15, 0.2) is 40.9 Å². The van der Waals surface area contributed by atoms with Crippen molar-refractivity contribution in [3.05, 3.63) is 47.3 Å². The summed E-state index contributed by atoms with van der Waals surface area (Å²) in [5, 5.41) is 4.37. The summed E-state index contributed by atoms with van der Waals surface area (Å²) in [6.07, 6.45) is 4.82. The molecule has 1 aromatic carbocycles. The number of halogens is 1. The second kappa shape index (κ2) is 7.79. The van der Waals surface area contributed by atoms with Crippen molar-refractivity contribution in [2.45, 2.75) is 32.4 Å². The quantitative estimate of drug-likeness (QED) is 0.420. The van der Waals surface area contributed by atoms with E-state index in [1.165, 1.54) is 6.92 Å². The average Bonchev–Trinajstić information content (AvgIpc) is 3.29. The van der Waals surface area contributed by atoms with Crippen molar-refractivity contribution in [3.8, 4) is 11.4 Å². The molecule has 1 aromatic heterocycles. The van der Waals surface area contributed by atoms with E-state index in [4.69, 9.17) is 20.9 Å². The Morgan fingerprint density at radius 2 is 1.97 bits per heavy atom. The Kier molecular flexibility index (Phi) is 5.19. The van der Waals surface area contributed by atoms with Crippen molar-refractivity contribution < 1.29 is 23.6 Å². The Balaban J connectivity index is 1.39. The van der Waals surface area contributed by atoms with Gasteiger partial charge in [-0.05, 0) is 31.9 Å². The second-order valence-electron chi connectivity index (χ2n) is 7.01. The zero-order valence-electron chi connectivity index (χ0n) is 15.6. The predicted octanol–water partition coefficient (Wildman–Crippen LogP) is 2.77. The number of nitrogens with zero attached hydrogens (tertiary/aromatic N) is 3. The molecule has 29 heavy (non-hydrogen) atoms. The van der Waals surface area contributed by atoms with Crippen LogP contribution in [-0.4, -0.2) is 38.9 Å². The summed E-state index contributed by atoms with van der Waals surface area (Å²) in [6, 6.07) is 5.92. The van der Waals surface area contributed by atoms with Crippen LogP contribution in [0, 0.1) is 11.8 Å². The highest BCUT2D eigenvalue weighted by atomic mass is 35.5. The molecular weight excluding hydrogens is 398 g/mol. The summed E-state index contributed by atoms with van der Waals surface area (Å²) >= 11 is 5.95. The topological polar surface area (TPSA) is 103 Å². The number of rotatable bonds is 5. The Morgan fingerprint density at radius 1 is 1.28 bits per heavy atom. The van der Waals surface area contributed by atoms with E-state index in [9.17, 15) is 14.4 Å². The maximum absolute atomic E-state index is 12.6. The van der Waals surface area contributed by atoms with Crippen LogP contribution in [0.5, 0.6) is 0 Å². The van der Waals surface area contributed by atoms with E-state index in [1.54, 1.807) is 24.3 Å². The van der Waals surface area contributed by atoms with Crippen LogP contribution in [0.2, 0.25) is 5.02 Å². The zero-order chi connectivity index (χ0) is 20.5. The minimum absolute atomic E-state index is 0.0949. The molecule has 0 spiro atoms. The summed E-state index contributed by atoms with van der Waals surface area (Å²) < 4.78 is 10.3. The lowest BCUT2D eigenvalue weighted by molar-refractivity contribution is -0.159. The van der Waals surface area contributed by atoms with Gasteiger partial charge in [-0.25, -0.2) is 4.79 Å². The van der Waals surface area contributed by atoms with Gasteiger partial charge in [-0.3, -0.25) is 14.5 Å². The van der Waals surface area contributed by atoms with Crippen LogP contribution in [0.1, 0.15) is 25.7 Å². The first-order valence-corrected chi connectivity index (χ1v) is 9.60. The Morgan fingerprint density at radius 3 is 2.62 bits per heavy atom. The predicted molar refractivity (Wildman–Crippen MR) is 101 cm³/mol. The second-order valence-corrected chi connectivity index (χ2v) is 7.44. The van der Waals surface area contributed by atoms with E-state index in [2.05, 4.69) is 10.1 Å². The Hall–Kier alpha value is -3.00. The molecule has 2 amide bonds. The highest BCUT2D eigenvalue weighted by Crippen LogP contribution is 2.36. The molecule has 1 fully saturated rings. The van der Waals surface area contributed by atoms with Crippen molar-refractivity contribution >= 4 is 29.4 Å². The summed E-state index contributed by atoms with van der Waals surface area (Å²) in [4.78, 5) is 42.8. The third kappa shape index (κ3) is 3.67. The van der Waals surface area contributed by atoms with Crippen molar-refractivity contribution in [2.24, 2.45) is 11.8 Å². The SMILES string of the molecule is C[C@@H](C(=O)OCc1nc(-c2cccc(Cl)c2)no1)N1C(=O)[C@@H]2CC=CC[C@H]2C1=O. The molecular formula is C20H18ClN3O5. The van der Waals surface area contributed by atoms with Crippen LogP contribution in [0.4, 0.5) is 0 Å². The van der Waals surface area contributed by atoms with Crippen molar-refractivity contribution in [3.63, 3.8) is 0 Å². The van der Waals surface area contributed by atoms with E-state index < -0.39 is 12.0 Å². The summed E-state index contributed by atoms with van der Waals surface area (Å²) in [7, 11) is 0. The number of imide groups is 1. The average molecular weight is 416 g/mol. The van der Waals surface area contributed by atoms with Crippen LogP contribution in [0.25, 0.3) is 11.4 Å². The third-order valence-electron chi connectivity index (χ3n) is 5.16. The van der Waals surface area contributed by atoms with Crippen LogP contribution >= 0.6 is 11.6 Å². The van der Waals surface area contributed by atoms with E-state index in [-0.39, 0.29) is 36.1 Å². The number of carbonyl (C=O) groups excluding carboxylic acids is 3. The lowest BCUT2D eigenvalue weighted by atomic mass is 9.85. The van der Waals surface area contributed by atoms with Gasteiger partial charge in [0.1, 0.15) is 6.04 Å². The maximum Gasteiger partial charge on any atom is 0.329 e. The molecule has 1 saturated heterocycles. The summed E-state index contributed by atoms with van der Waals surface area (Å²) in [6.45, 7) is 1.22. The third-order valence-corrected chi connectivity index (χ3v) is 5.39. The standard InChI is InChI=1S/C20H18ClN3O5/c1-11(24-18(25)14-7-2-3-8-15(14)19(24)26)20(27)28-10-16-22-17(23-29-16)12-5-4-6-13(21)9-12/h2-6,9,11,14-15H,7-8,10H2,1H3/t11-,14+,15+/m0/s1. The van der Waals surface area contributed by atoms with E-state index >= 15 is 0 Å². The van der Waals surface area contributed by atoms with Gasteiger partial charge in [0, 0.05) is 10.6 Å². The molecule has 0 saturated carbocycles. The van der Waals surface area contributed by atoms with Gasteiger partial charge in [-0.2, -0.15) is 4.98 Å². The number of esters is 1. The Labute approximate surface area is 171 Å². The molecule has 2 aromatic rings. The van der Waals surface area contributed by atoms with Gasteiger partial charge in [0.25, 0.3) is 5.89 Å².